The van der Waals surface area contributed by atoms with Crippen molar-refractivity contribution < 1.29 is 24.2 Å². The molecule has 1 aromatic carbocycles. The number of aromatic nitrogens is 3. The molecule has 1 unspecified atom stereocenters. The van der Waals surface area contributed by atoms with E-state index < -0.39 is 23.7 Å². The molecule has 3 aliphatic heterocycles. The monoisotopic (exact) mass is 491 g/mol. The van der Waals surface area contributed by atoms with Crippen molar-refractivity contribution in [2.45, 2.75) is 50.9 Å². The van der Waals surface area contributed by atoms with Gasteiger partial charge < -0.3 is 24.6 Å². The molecule has 2 N–H and O–H groups in total. The Morgan fingerprint density at radius 2 is 1.92 bits per heavy atom. The van der Waals surface area contributed by atoms with E-state index in [0.717, 1.165) is 37.6 Å². The van der Waals surface area contributed by atoms with Crippen molar-refractivity contribution in [1.29, 1.82) is 0 Å². The van der Waals surface area contributed by atoms with Gasteiger partial charge in [-0.3, -0.25) is 4.79 Å². The van der Waals surface area contributed by atoms with Gasteiger partial charge in [0.1, 0.15) is 11.6 Å². The van der Waals surface area contributed by atoms with Crippen LogP contribution in [0.15, 0.2) is 36.8 Å². The highest BCUT2D eigenvalue weighted by Gasteiger charge is 2.41. The maximum absolute atomic E-state index is 15.2. The number of anilines is 1. The van der Waals surface area contributed by atoms with Gasteiger partial charge >= 0.3 is 5.97 Å². The number of hydrogen-bond donors (Lipinski definition) is 2. The van der Waals surface area contributed by atoms with Crippen LogP contribution in [0.4, 0.5) is 10.2 Å². The molecule has 6 rings (SSSR count). The van der Waals surface area contributed by atoms with E-state index in [0.29, 0.717) is 36.1 Å². The minimum Gasteiger partial charge on any atom is -0.479 e. The van der Waals surface area contributed by atoms with Crippen LogP contribution in [0.25, 0.3) is 11.1 Å². The van der Waals surface area contributed by atoms with Crippen LogP contribution in [0, 0.1) is 5.82 Å². The maximum atomic E-state index is 15.2. The fraction of sp³-hybridized carbons (Fsp3) is 0.385. The summed E-state index contributed by atoms with van der Waals surface area (Å²) in [6, 6.07) is 5.40. The summed E-state index contributed by atoms with van der Waals surface area (Å²) in [4.78, 5) is 37.8. The van der Waals surface area contributed by atoms with Crippen molar-refractivity contribution in [3.8, 4) is 11.1 Å². The number of aliphatic hydroxyl groups excluding tert-OH is 1. The van der Waals surface area contributed by atoms with Crippen molar-refractivity contribution >= 4 is 17.7 Å². The highest BCUT2D eigenvalue weighted by Crippen LogP contribution is 2.37. The maximum Gasteiger partial charge on any atom is 0.332 e. The summed E-state index contributed by atoms with van der Waals surface area (Å²) in [5, 5.41) is 19.7. The Labute approximate surface area is 206 Å². The second-order valence-electron chi connectivity index (χ2n) is 9.65. The lowest BCUT2D eigenvalue weighted by Gasteiger charge is -2.30. The van der Waals surface area contributed by atoms with E-state index in [1.807, 2.05) is 16.7 Å². The van der Waals surface area contributed by atoms with Crippen molar-refractivity contribution in [2.75, 3.05) is 18.0 Å². The van der Waals surface area contributed by atoms with Gasteiger partial charge in [0.2, 0.25) is 0 Å². The van der Waals surface area contributed by atoms with Crippen LogP contribution in [0.1, 0.15) is 52.6 Å². The lowest BCUT2D eigenvalue weighted by Crippen LogP contribution is -2.36. The number of carbonyl (C=O) groups is 2. The topological polar surface area (TPSA) is 112 Å². The second-order valence-corrected chi connectivity index (χ2v) is 9.65. The molecule has 0 radical (unpaired) electrons. The molecular weight excluding hydrogens is 465 g/mol. The fourth-order valence-corrected chi connectivity index (χ4v) is 5.53. The SMILES string of the molecule is O=C(O)C(c1ncn2c1CCC2)N1Cc2c(F)cc(-c3ccc(N4CCC(O)CC4)nc3)cc2C1=O. The summed E-state index contributed by atoms with van der Waals surface area (Å²) in [6.07, 6.45) is 5.97. The number of carboxylic acids is 1. The van der Waals surface area contributed by atoms with Crippen LogP contribution in [0.2, 0.25) is 0 Å². The van der Waals surface area contributed by atoms with Gasteiger partial charge in [0.15, 0.2) is 6.04 Å². The molecule has 36 heavy (non-hydrogen) atoms. The van der Waals surface area contributed by atoms with E-state index in [2.05, 4.69) is 14.9 Å². The van der Waals surface area contributed by atoms with Crippen LogP contribution in [-0.4, -0.2) is 60.7 Å². The summed E-state index contributed by atoms with van der Waals surface area (Å²) in [5.41, 5.74) is 2.70. The zero-order valence-corrected chi connectivity index (χ0v) is 19.6. The number of halogens is 1. The molecule has 0 bridgehead atoms. The molecule has 9 nitrogen and oxygen atoms in total. The number of rotatable bonds is 5. The van der Waals surface area contributed by atoms with Gasteiger partial charge in [0.05, 0.1) is 24.7 Å². The number of piperidine rings is 1. The number of amides is 1. The van der Waals surface area contributed by atoms with Gasteiger partial charge in [-0.15, -0.1) is 0 Å². The first-order valence-corrected chi connectivity index (χ1v) is 12.2. The number of aliphatic carboxylic acids is 1. The quantitative estimate of drug-likeness (QED) is 0.565. The first kappa shape index (κ1) is 22.7. The molecule has 3 aliphatic rings. The van der Waals surface area contributed by atoms with Gasteiger partial charge in [-0.1, -0.05) is 0 Å². The minimum atomic E-state index is -1.27. The van der Waals surface area contributed by atoms with Crippen LogP contribution >= 0.6 is 0 Å². The molecule has 0 aliphatic carbocycles. The summed E-state index contributed by atoms with van der Waals surface area (Å²) in [5.74, 6) is -1.47. The predicted octanol–water partition coefficient (Wildman–Crippen LogP) is 2.77. The molecule has 1 atom stereocenters. The molecule has 5 heterocycles. The Bertz CT molecular complexity index is 1350. The van der Waals surface area contributed by atoms with Gasteiger partial charge in [-0.25, -0.2) is 19.2 Å². The van der Waals surface area contributed by atoms with Crippen molar-refractivity contribution in [3.05, 3.63) is 65.1 Å². The number of pyridine rings is 1. The van der Waals surface area contributed by atoms with Gasteiger partial charge in [0, 0.05) is 48.2 Å². The lowest BCUT2D eigenvalue weighted by atomic mass is 10.0. The highest BCUT2D eigenvalue weighted by atomic mass is 19.1. The van der Waals surface area contributed by atoms with Gasteiger partial charge in [-0.2, -0.15) is 0 Å². The summed E-state index contributed by atoms with van der Waals surface area (Å²) in [7, 11) is 0. The first-order chi connectivity index (χ1) is 17.4. The Morgan fingerprint density at radius 1 is 1.11 bits per heavy atom. The average Bonchev–Trinajstić information content (AvgIpc) is 3.57. The molecule has 0 spiro atoms. The number of benzene rings is 1. The Morgan fingerprint density at radius 3 is 2.64 bits per heavy atom. The number of aliphatic hydroxyl groups is 1. The fourth-order valence-electron chi connectivity index (χ4n) is 5.53. The molecule has 3 aromatic rings. The smallest absolute Gasteiger partial charge is 0.332 e. The van der Waals surface area contributed by atoms with Crippen LogP contribution in [0.3, 0.4) is 0 Å². The van der Waals surface area contributed by atoms with E-state index in [-0.39, 0.29) is 23.8 Å². The standard InChI is InChI=1S/C26H26FN5O4/c27-20-11-16(15-3-4-22(28-12-15)30-8-5-17(33)6-9-30)10-18-19(20)13-32(25(18)34)24(26(35)36)23-21-2-1-7-31(21)14-29-23/h3-4,10-12,14,17,24,33H,1-2,5-9,13H2,(H,35,36). The summed E-state index contributed by atoms with van der Waals surface area (Å²) in [6.45, 7) is 2.08. The number of carboxylic acid groups (broad SMARTS) is 1. The second kappa shape index (κ2) is 8.70. The summed E-state index contributed by atoms with van der Waals surface area (Å²) < 4.78 is 17.1. The minimum absolute atomic E-state index is 0.123. The van der Waals surface area contributed by atoms with E-state index in [9.17, 15) is 19.8 Å². The van der Waals surface area contributed by atoms with Gasteiger partial charge in [-0.05, 0) is 55.5 Å². The molecule has 1 amide bonds. The number of hydrogen-bond acceptors (Lipinski definition) is 6. The number of aryl methyl sites for hydroxylation is 1. The van der Waals surface area contributed by atoms with Gasteiger partial charge in [0.25, 0.3) is 5.91 Å². The molecule has 2 aromatic heterocycles. The largest absolute Gasteiger partial charge is 0.479 e. The Kier molecular flexibility index (Phi) is 5.48. The molecule has 0 saturated carbocycles. The molecule has 1 saturated heterocycles. The summed E-state index contributed by atoms with van der Waals surface area (Å²) >= 11 is 0. The van der Waals surface area contributed by atoms with Crippen LogP contribution in [0.5, 0.6) is 0 Å². The number of nitrogens with zero attached hydrogens (tertiary/aromatic N) is 5. The molecule has 186 valence electrons. The third-order valence-electron chi connectivity index (χ3n) is 7.48. The Hall–Kier alpha value is -3.79. The third kappa shape index (κ3) is 3.72. The number of imidazole rings is 1. The predicted molar refractivity (Wildman–Crippen MR) is 128 cm³/mol. The third-order valence-corrected chi connectivity index (χ3v) is 7.48. The first-order valence-electron chi connectivity index (χ1n) is 12.2. The number of carbonyl (C=O) groups excluding carboxylic acids is 1. The normalized spacial score (nSPS) is 18.4. The highest BCUT2D eigenvalue weighted by molar-refractivity contribution is 6.01. The van der Waals surface area contributed by atoms with E-state index in [4.69, 9.17) is 0 Å². The molecular formula is C26H26FN5O4. The average molecular weight is 492 g/mol. The van der Waals surface area contributed by atoms with E-state index in [1.165, 1.54) is 11.0 Å². The van der Waals surface area contributed by atoms with Crippen molar-refractivity contribution in [2.24, 2.45) is 0 Å². The molecule has 1 fully saturated rings. The van der Waals surface area contributed by atoms with Crippen molar-refractivity contribution in [1.82, 2.24) is 19.4 Å². The number of fused-ring (bicyclic) bond motifs is 2. The zero-order chi connectivity index (χ0) is 25.0. The van der Waals surface area contributed by atoms with E-state index >= 15 is 4.39 Å². The van der Waals surface area contributed by atoms with Crippen LogP contribution < -0.4 is 4.90 Å². The zero-order valence-electron chi connectivity index (χ0n) is 19.6. The van der Waals surface area contributed by atoms with Crippen molar-refractivity contribution in [3.63, 3.8) is 0 Å². The van der Waals surface area contributed by atoms with Crippen LogP contribution in [-0.2, 0) is 24.3 Å². The molecule has 10 heteroatoms. The van der Waals surface area contributed by atoms with E-state index in [1.54, 1.807) is 18.6 Å². The lowest BCUT2D eigenvalue weighted by molar-refractivity contribution is -0.142. The Balaban J connectivity index is 1.28.